The molecule has 0 bridgehead atoms. The molecule has 0 spiro atoms. The summed E-state index contributed by atoms with van der Waals surface area (Å²) < 4.78 is 0. The number of hydrogen-bond acceptors (Lipinski definition) is 4. The number of pyridine rings is 1. The van der Waals surface area contributed by atoms with Crippen molar-refractivity contribution in [1.29, 1.82) is 0 Å². The van der Waals surface area contributed by atoms with Gasteiger partial charge in [-0.05, 0) is 18.9 Å². The van der Waals surface area contributed by atoms with Gasteiger partial charge in [0.2, 0.25) is 0 Å². The fraction of sp³-hybridized carbons (Fsp3) is 0.667. The molecule has 7 nitrogen and oxygen atoms in total. The number of carboxylic acid groups (broad SMARTS) is 1. The Morgan fingerprint density at radius 1 is 1.07 bits per heavy atom. The molecule has 7 heteroatoms. The molecule has 0 saturated carbocycles. The number of carbonyl (C=O) groups is 1. The van der Waals surface area contributed by atoms with Gasteiger partial charge in [-0.2, -0.15) is 0 Å². The van der Waals surface area contributed by atoms with Gasteiger partial charge in [0, 0.05) is 33.4 Å². The van der Waals surface area contributed by atoms with Gasteiger partial charge in [0.15, 0.2) is 5.75 Å². The van der Waals surface area contributed by atoms with Gasteiger partial charge in [-0.15, -0.1) is 0 Å². The van der Waals surface area contributed by atoms with Gasteiger partial charge in [-0.3, -0.25) is 4.98 Å². The Morgan fingerprint density at radius 3 is 2.04 bits per heavy atom. The summed E-state index contributed by atoms with van der Waals surface area (Å²) in [6.45, 7) is 6.55. The Kier molecular flexibility index (Phi) is 15.4. The second-order valence-electron chi connectivity index (χ2n) is 6.94. The minimum absolute atomic E-state index is 0.135. The molecule has 0 radical (unpaired) electrons. The maximum atomic E-state index is 9.72. The average molecular weight is 395 g/mol. The molecule has 0 unspecified atom stereocenters. The predicted octanol–water partition coefficient (Wildman–Crippen LogP) is 5.14. The van der Waals surface area contributed by atoms with Crippen LogP contribution in [0, 0.1) is 0 Å². The zero-order valence-electron chi connectivity index (χ0n) is 18.0. The molecule has 0 aliphatic rings. The van der Waals surface area contributed by atoms with Gasteiger partial charge in [0.1, 0.15) is 5.69 Å². The first-order valence-corrected chi connectivity index (χ1v) is 10.2. The maximum absolute atomic E-state index is 9.72. The molecule has 1 aromatic rings. The fourth-order valence-corrected chi connectivity index (χ4v) is 2.34. The Balaban J connectivity index is 0.00000105. The van der Waals surface area contributed by atoms with Crippen LogP contribution in [0.1, 0.15) is 65.2 Å². The van der Waals surface area contributed by atoms with E-state index in [-0.39, 0.29) is 5.75 Å². The lowest BCUT2D eigenvalue weighted by atomic mass is 10.2. The van der Waals surface area contributed by atoms with Crippen LogP contribution in [0.4, 0.5) is 10.5 Å². The van der Waals surface area contributed by atoms with E-state index in [0.29, 0.717) is 5.69 Å². The van der Waals surface area contributed by atoms with Crippen molar-refractivity contribution in [1.82, 2.24) is 14.8 Å². The van der Waals surface area contributed by atoms with Crippen molar-refractivity contribution in [2.75, 3.05) is 27.2 Å². The summed E-state index contributed by atoms with van der Waals surface area (Å²) in [5, 5.41) is 17.6. The topological polar surface area (TPSA) is 89.3 Å². The molecule has 0 aliphatic heterocycles. The van der Waals surface area contributed by atoms with E-state index in [1.807, 2.05) is 6.34 Å². The molecule has 0 saturated heterocycles. The summed E-state index contributed by atoms with van der Waals surface area (Å²) in [6, 6.07) is 1.73. The summed E-state index contributed by atoms with van der Waals surface area (Å²) in [5.74, 6) is 0.135. The van der Waals surface area contributed by atoms with Gasteiger partial charge in [0.05, 0.1) is 12.5 Å². The minimum Gasteiger partial charge on any atom is -0.504 e. The first-order chi connectivity index (χ1) is 13.4. The normalized spacial score (nSPS) is 10.4. The van der Waals surface area contributed by atoms with E-state index in [9.17, 15) is 9.90 Å². The number of amides is 1. The van der Waals surface area contributed by atoms with Crippen LogP contribution in [-0.4, -0.2) is 64.6 Å². The van der Waals surface area contributed by atoms with Crippen molar-refractivity contribution in [2.24, 2.45) is 4.99 Å². The highest BCUT2D eigenvalue weighted by Gasteiger charge is 2.02. The minimum atomic E-state index is -0.907. The molecule has 0 atom stereocenters. The van der Waals surface area contributed by atoms with E-state index in [1.165, 1.54) is 71.7 Å². The highest BCUT2D eigenvalue weighted by atomic mass is 16.4. The third-order valence-electron chi connectivity index (χ3n) is 4.12. The first kappa shape index (κ1) is 25.7. The third-order valence-corrected chi connectivity index (χ3v) is 4.12. The van der Waals surface area contributed by atoms with Crippen molar-refractivity contribution in [3.63, 3.8) is 0 Å². The summed E-state index contributed by atoms with van der Waals surface area (Å²) in [6.07, 6.45) is 14.1. The van der Waals surface area contributed by atoms with E-state index in [1.54, 1.807) is 12.3 Å². The van der Waals surface area contributed by atoms with Gasteiger partial charge in [0.25, 0.3) is 0 Å². The van der Waals surface area contributed by atoms with Crippen LogP contribution in [0.3, 0.4) is 0 Å². The average Bonchev–Trinajstić information content (AvgIpc) is 2.67. The van der Waals surface area contributed by atoms with Crippen LogP contribution in [0.2, 0.25) is 0 Å². The molecule has 1 heterocycles. The van der Waals surface area contributed by atoms with Crippen molar-refractivity contribution in [2.45, 2.75) is 65.2 Å². The van der Waals surface area contributed by atoms with E-state index < -0.39 is 6.09 Å². The Hall–Kier alpha value is -2.31. The first-order valence-electron chi connectivity index (χ1n) is 10.2. The van der Waals surface area contributed by atoms with E-state index in [4.69, 9.17) is 5.11 Å². The smallest absolute Gasteiger partial charge is 0.406 e. The number of nitrogens with zero attached hydrogens (tertiary/aromatic N) is 4. The van der Waals surface area contributed by atoms with Gasteiger partial charge < -0.3 is 20.0 Å². The standard InChI is InChI=1S/C18H31N3O.C3H7NO2/c1-3-5-7-9-13-21(14-10-8-6-4-2)16-20-17-11-12-19-15-18(17)22;1-4(2)3(5)6/h11-12,15-16,22H,3-10,13-14H2,1-2H3;1-2H3,(H,5,6). The molecule has 0 aliphatic carbocycles. The van der Waals surface area contributed by atoms with Crippen LogP contribution < -0.4 is 0 Å². The monoisotopic (exact) mass is 394 g/mol. The highest BCUT2D eigenvalue weighted by Crippen LogP contribution is 2.23. The molecule has 1 aromatic heterocycles. The summed E-state index contributed by atoms with van der Waals surface area (Å²) in [4.78, 5) is 21.3. The molecule has 28 heavy (non-hydrogen) atoms. The number of aliphatic imine (C=N–C) groups is 1. The van der Waals surface area contributed by atoms with E-state index in [2.05, 4.69) is 28.7 Å². The Bertz CT molecular complexity index is 538. The SMILES string of the molecule is CCCCCCN(C=Nc1ccncc1O)CCCCCC.CN(C)C(=O)O. The van der Waals surface area contributed by atoms with Gasteiger partial charge >= 0.3 is 6.09 Å². The molecule has 2 N–H and O–H groups in total. The molecular formula is C21H38N4O3. The van der Waals surface area contributed by atoms with Crippen LogP contribution in [0.5, 0.6) is 5.75 Å². The second-order valence-corrected chi connectivity index (χ2v) is 6.94. The lowest BCUT2D eigenvalue weighted by Gasteiger charge is -2.19. The van der Waals surface area contributed by atoms with Crippen LogP contribution in [0.25, 0.3) is 0 Å². The van der Waals surface area contributed by atoms with Crippen LogP contribution in [0.15, 0.2) is 23.5 Å². The van der Waals surface area contributed by atoms with Crippen molar-refractivity contribution >= 4 is 18.1 Å². The zero-order valence-corrected chi connectivity index (χ0v) is 18.0. The highest BCUT2D eigenvalue weighted by molar-refractivity contribution is 5.64. The lowest BCUT2D eigenvalue weighted by Crippen LogP contribution is -2.24. The quantitative estimate of drug-likeness (QED) is 0.291. The van der Waals surface area contributed by atoms with Gasteiger partial charge in [-0.1, -0.05) is 52.4 Å². The third kappa shape index (κ3) is 13.8. The second kappa shape index (κ2) is 16.8. The molecule has 1 rings (SSSR count). The van der Waals surface area contributed by atoms with Crippen molar-refractivity contribution < 1.29 is 15.0 Å². The summed E-state index contributed by atoms with van der Waals surface area (Å²) >= 11 is 0. The molecule has 0 aromatic carbocycles. The fourth-order valence-electron chi connectivity index (χ4n) is 2.34. The van der Waals surface area contributed by atoms with Crippen molar-refractivity contribution in [3.8, 4) is 5.75 Å². The largest absolute Gasteiger partial charge is 0.504 e. The molecule has 0 fully saturated rings. The lowest BCUT2D eigenvalue weighted by molar-refractivity contribution is 0.165. The van der Waals surface area contributed by atoms with Crippen LogP contribution in [-0.2, 0) is 0 Å². The van der Waals surface area contributed by atoms with E-state index >= 15 is 0 Å². The van der Waals surface area contributed by atoms with E-state index in [0.717, 1.165) is 18.0 Å². The van der Waals surface area contributed by atoms with Gasteiger partial charge in [-0.25, -0.2) is 9.79 Å². The van der Waals surface area contributed by atoms with Crippen molar-refractivity contribution in [3.05, 3.63) is 18.5 Å². The summed E-state index contributed by atoms with van der Waals surface area (Å²) in [5.41, 5.74) is 0.585. The number of rotatable bonds is 12. The van der Waals surface area contributed by atoms with Crippen LogP contribution >= 0.6 is 0 Å². The number of aromatic nitrogens is 1. The Labute approximate surface area is 170 Å². The Morgan fingerprint density at radius 2 is 1.61 bits per heavy atom. The maximum Gasteiger partial charge on any atom is 0.406 e. The summed E-state index contributed by atoms with van der Waals surface area (Å²) in [7, 11) is 2.95. The molecule has 160 valence electrons. The molecular weight excluding hydrogens is 356 g/mol. The zero-order chi connectivity index (χ0) is 21.2. The number of unbranched alkanes of at least 4 members (excludes halogenated alkanes) is 6. The number of aromatic hydroxyl groups is 1. The number of hydrogen-bond donors (Lipinski definition) is 2. The molecule has 1 amide bonds. The predicted molar refractivity (Wildman–Crippen MR) is 116 cm³/mol.